The van der Waals surface area contributed by atoms with Gasteiger partial charge in [-0.1, -0.05) is 29.8 Å². The summed E-state index contributed by atoms with van der Waals surface area (Å²) in [6.45, 7) is 3.43. The number of rotatable bonds is 2. The highest BCUT2D eigenvalue weighted by molar-refractivity contribution is 5.35. The molecule has 94 valence electrons. The minimum absolute atomic E-state index is 0.0968. The summed E-state index contributed by atoms with van der Waals surface area (Å²) in [5, 5.41) is 10.2. The molecule has 0 aliphatic carbocycles. The second kappa shape index (κ2) is 4.86. The molecule has 0 saturated heterocycles. The first-order valence-electron chi connectivity index (χ1n) is 5.69. The predicted molar refractivity (Wildman–Crippen MR) is 66.3 cm³/mol. The van der Waals surface area contributed by atoms with Crippen molar-refractivity contribution in [1.29, 1.82) is 0 Å². The molecule has 3 heteroatoms. The van der Waals surface area contributed by atoms with Crippen LogP contribution in [-0.4, -0.2) is 5.11 Å². The molecule has 18 heavy (non-hydrogen) atoms. The van der Waals surface area contributed by atoms with Crippen molar-refractivity contribution in [2.24, 2.45) is 0 Å². The molecule has 1 atom stereocenters. The van der Waals surface area contributed by atoms with Crippen LogP contribution < -0.4 is 0 Å². The molecule has 0 aliphatic heterocycles. The summed E-state index contributed by atoms with van der Waals surface area (Å²) >= 11 is 0. The van der Waals surface area contributed by atoms with Gasteiger partial charge in [0.25, 0.3) is 0 Å². The SMILES string of the molecule is Cc1cccc(C(O)c2cc(C)c(F)cc2F)c1. The minimum atomic E-state index is -1.08. The van der Waals surface area contributed by atoms with Crippen LogP contribution >= 0.6 is 0 Å². The Morgan fingerprint density at radius 3 is 2.39 bits per heavy atom. The van der Waals surface area contributed by atoms with Crippen molar-refractivity contribution in [2.75, 3.05) is 0 Å². The number of hydrogen-bond donors (Lipinski definition) is 1. The maximum atomic E-state index is 13.7. The molecule has 0 saturated carbocycles. The highest BCUT2D eigenvalue weighted by Crippen LogP contribution is 2.26. The Morgan fingerprint density at radius 1 is 1.00 bits per heavy atom. The lowest BCUT2D eigenvalue weighted by molar-refractivity contribution is 0.214. The second-order valence-electron chi connectivity index (χ2n) is 4.44. The fourth-order valence-electron chi connectivity index (χ4n) is 1.91. The van der Waals surface area contributed by atoms with Crippen LogP contribution in [0.25, 0.3) is 0 Å². The predicted octanol–water partition coefficient (Wildman–Crippen LogP) is 3.66. The standard InChI is InChI=1S/C15H14F2O/c1-9-4-3-5-11(6-9)15(18)12-7-10(2)13(16)8-14(12)17/h3-8,15,18H,1-2H3. The minimum Gasteiger partial charge on any atom is -0.384 e. The van der Waals surface area contributed by atoms with Crippen molar-refractivity contribution in [3.63, 3.8) is 0 Å². The number of aryl methyl sites for hydroxylation is 2. The van der Waals surface area contributed by atoms with Crippen molar-refractivity contribution in [3.8, 4) is 0 Å². The fraction of sp³-hybridized carbons (Fsp3) is 0.200. The quantitative estimate of drug-likeness (QED) is 0.859. The smallest absolute Gasteiger partial charge is 0.132 e. The number of benzene rings is 2. The lowest BCUT2D eigenvalue weighted by Crippen LogP contribution is -2.04. The summed E-state index contributed by atoms with van der Waals surface area (Å²) in [6, 6.07) is 9.34. The molecule has 1 N–H and O–H groups in total. The van der Waals surface area contributed by atoms with E-state index in [0.717, 1.165) is 11.6 Å². The van der Waals surface area contributed by atoms with E-state index in [4.69, 9.17) is 0 Å². The topological polar surface area (TPSA) is 20.2 Å². The number of aliphatic hydroxyl groups is 1. The first-order valence-corrected chi connectivity index (χ1v) is 5.69. The molecule has 2 aromatic carbocycles. The van der Waals surface area contributed by atoms with Gasteiger partial charge in [0.15, 0.2) is 0 Å². The second-order valence-corrected chi connectivity index (χ2v) is 4.44. The summed E-state index contributed by atoms with van der Waals surface area (Å²) in [7, 11) is 0. The Labute approximate surface area is 105 Å². The summed E-state index contributed by atoms with van der Waals surface area (Å²) in [5.41, 5.74) is 1.99. The average molecular weight is 248 g/mol. The number of hydrogen-bond acceptors (Lipinski definition) is 1. The summed E-state index contributed by atoms with van der Waals surface area (Å²) in [5.74, 6) is -1.33. The molecule has 0 aromatic heterocycles. The van der Waals surface area contributed by atoms with Gasteiger partial charge in [-0.3, -0.25) is 0 Å². The van der Waals surface area contributed by atoms with Crippen LogP contribution in [0.3, 0.4) is 0 Å². The number of halogens is 2. The highest BCUT2D eigenvalue weighted by Gasteiger charge is 2.17. The van der Waals surface area contributed by atoms with E-state index >= 15 is 0 Å². The maximum Gasteiger partial charge on any atom is 0.132 e. The van der Waals surface area contributed by atoms with E-state index in [1.807, 2.05) is 13.0 Å². The molecule has 0 aliphatic rings. The van der Waals surface area contributed by atoms with Crippen LogP contribution in [0.15, 0.2) is 36.4 Å². The van der Waals surface area contributed by atoms with Gasteiger partial charge in [-0.25, -0.2) is 8.78 Å². The maximum absolute atomic E-state index is 13.7. The van der Waals surface area contributed by atoms with Crippen LogP contribution in [0.2, 0.25) is 0 Å². The van der Waals surface area contributed by atoms with Crippen LogP contribution in [0.1, 0.15) is 28.4 Å². The van der Waals surface area contributed by atoms with Gasteiger partial charge in [-0.05, 0) is 31.0 Å². The molecule has 1 nitrogen and oxygen atoms in total. The average Bonchev–Trinajstić information content (AvgIpc) is 2.33. The molecule has 0 radical (unpaired) electrons. The molecule has 0 spiro atoms. The first-order chi connectivity index (χ1) is 8.49. The normalized spacial score (nSPS) is 12.5. The van der Waals surface area contributed by atoms with Gasteiger partial charge in [0.05, 0.1) is 0 Å². The van der Waals surface area contributed by atoms with Gasteiger partial charge in [-0.15, -0.1) is 0 Å². The van der Waals surface area contributed by atoms with E-state index in [0.29, 0.717) is 11.1 Å². The molecule has 0 bridgehead atoms. The zero-order valence-electron chi connectivity index (χ0n) is 10.2. The monoisotopic (exact) mass is 248 g/mol. The van der Waals surface area contributed by atoms with Gasteiger partial charge in [0, 0.05) is 11.6 Å². The molecule has 0 amide bonds. The van der Waals surface area contributed by atoms with Gasteiger partial charge < -0.3 is 5.11 Å². The third-order valence-corrected chi connectivity index (χ3v) is 2.93. The van der Waals surface area contributed by atoms with Crippen LogP contribution in [0.5, 0.6) is 0 Å². The zero-order chi connectivity index (χ0) is 13.3. The Kier molecular flexibility index (Phi) is 3.43. The molecular weight excluding hydrogens is 234 g/mol. The summed E-state index contributed by atoms with van der Waals surface area (Å²) in [6.07, 6.45) is -1.08. The van der Waals surface area contributed by atoms with E-state index in [-0.39, 0.29) is 5.56 Å². The van der Waals surface area contributed by atoms with E-state index in [2.05, 4.69) is 0 Å². The van der Waals surface area contributed by atoms with Gasteiger partial charge >= 0.3 is 0 Å². The highest BCUT2D eigenvalue weighted by atomic mass is 19.1. The Bertz CT molecular complexity index is 579. The molecule has 2 aromatic rings. The Hall–Kier alpha value is -1.74. The third kappa shape index (κ3) is 2.41. The van der Waals surface area contributed by atoms with Crippen molar-refractivity contribution < 1.29 is 13.9 Å². The van der Waals surface area contributed by atoms with E-state index in [1.54, 1.807) is 25.1 Å². The molecule has 2 rings (SSSR count). The summed E-state index contributed by atoms with van der Waals surface area (Å²) in [4.78, 5) is 0. The van der Waals surface area contributed by atoms with Crippen molar-refractivity contribution >= 4 is 0 Å². The largest absolute Gasteiger partial charge is 0.384 e. The Morgan fingerprint density at radius 2 is 1.72 bits per heavy atom. The first kappa shape index (κ1) is 12.7. The lowest BCUT2D eigenvalue weighted by Gasteiger charge is -2.14. The molecule has 1 unspecified atom stereocenters. The van der Waals surface area contributed by atoms with Crippen molar-refractivity contribution in [3.05, 3.63) is 70.3 Å². The molecule has 0 fully saturated rings. The molecule has 0 heterocycles. The third-order valence-electron chi connectivity index (χ3n) is 2.93. The van der Waals surface area contributed by atoms with Gasteiger partial charge in [0.2, 0.25) is 0 Å². The van der Waals surface area contributed by atoms with E-state index in [9.17, 15) is 13.9 Å². The van der Waals surface area contributed by atoms with Crippen LogP contribution in [0, 0.1) is 25.5 Å². The lowest BCUT2D eigenvalue weighted by atomic mass is 9.98. The van der Waals surface area contributed by atoms with Gasteiger partial charge in [0.1, 0.15) is 17.7 Å². The van der Waals surface area contributed by atoms with E-state index in [1.165, 1.54) is 6.07 Å². The van der Waals surface area contributed by atoms with E-state index < -0.39 is 17.7 Å². The zero-order valence-corrected chi connectivity index (χ0v) is 10.2. The summed E-state index contributed by atoms with van der Waals surface area (Å²) < 4.78 is 26.8. The Balaban J connectivity index is 2.46. The van der Waals surface area contributed by atoms with Crippen molar-refractivity contribution in [2.45, 2.75) is 20.0 Å². The fourth-order valence-corrected chi connectivity index (χ4v) is 1.91. The van der Waals surface area contributed by atoms with Crippen LogP contribution in [0.4, 0.5) is 8.78 Å². The number of aliphatic hydroxyl groups excluding tert-OH is 1. The molecular formula is C15H14F2O. The van der Waals surface area contributed by atoms with Crippen LogP contribution in [-0.2, 0) is 0 Å². The van der Waals surface area contributed by atoms with Crippen molar-refractivity contribution in [1.82, 2.24) is 0 Å². The van der Waals surface area contributed by atoms with Gasteiger partial charge in [-0.2, -0.15) is 0 Å².